The van der Waals surface area contributed by atoms with Crippen molar-refractivity contribution >= 4 is 22.6 Å². The van der Waals surface area contributed by atoms with Crippen molar-refractivity contribution in [2.75, 3.05) is 24.7 Å². The molecule has 0 spiro atoms. The van der Waals surface area contributed by atoms with Crippen LogP contribution in [0.4, 0.5) is 23.8 Å². The third kappa shape index (κ3) is 3.67. The predicted octanol–water partition coefficient (Wildman–Crippen LogP) is 2.70. The quantitative estimate of drug-likeness (QED) is 0.861. The Balaban J connectivity index is 2.13. The van der Waals surface area contributed by atoms with Crippen molar-refractivity contribution in [2.45, 2.75) is 17.3 Å². The molecule has 1 saturated heterocycles. The summed E-state index contributed by atoms with van der Waals surface area (Å²) in [6.45, 7) is -0.0338. The summed E-state index contributed by atoms with van der Waals surface area (Å²) < 4.78 is 52.6. The topological polar surface area (TPSA) is 73.7 Å². The van der Waals surface area contributed by atoms with Crippen LogP contribution in [0.1, 0.15) is 5.56 Å². The van der Waals surface area contributed by atoms with Gasteiger partial charge in [0.15, 0.2) is 6.23 Å². The summed E-state index contributed by atoms with van der Waals surface area (Å²) in [5.41, 5.74) is -0.992. The lowest BCUT2D eigenvalue weighted by molar-refractivity contribution is -0.137. The van der Waals surface area contributed by atoms with Crippen molar-refractivity contribution in [3.63, 3.8) is 0 Å². The summed E-state index contributed by atoms with van der Waals surface area (Å²) in [5.74, 6) is -0.289. The Hall–Kier alpha value is -2.46. The molecule has 2 aromatic rings. The predicted molar refractivity (Wildman–Crippen MR) is 93.5 cm³/mol. The highest BCUT2D eigenvalue weighted by molar-refractivity contribution is 7.84. The van der Waals surface area contributed by atoms with Gasteiger partial charge in [0.05, 0.1) is 12.1 Å². The van der Waals surface area contributed by atoms with Crippen molar-refractivity contribution in [3.05, 3.63) is 42.1 Å². The molecule has 144 valence electrons. The molecule has 1 fully saturated rings. The normalized spacial score (nSPS) is 18.9. The van der Waals surface area contributed by atoms with E-state index in [1.165, 1.54) is 36.4 Å². The summed E-state index contributed by atoms with van der Waals surface area (Å²) in [7, 11) is 0.0778. The van der Waals surface area contributed by atoms with Crippen LogP contribution in [-0.4, -0.2) is 51.3 Å². The highest BCUT2D eigenvalue weighted by Crippen LogP contribution is 2.39. The Morgan fingerprint density at radius 3 is 2.56 bits per heavy atom. The lowest BCUT2D eigenvalue weighted by Crippen LogP contribution is -2.35. The minimum atomic E-state index is -4.71. The fourth-order valence-electron chi connectivity index (χ4n) is 2.85. The van der Waals surface area contributed by atoms with Crippen LogP contribution < -0.4 is 4.90 Å². The summed E-state index contributed by atoms with van der Waals surface area (Å²) >= 11 is 0. The third-order valence-electron chi connectivity index (χ3n) is 4.19. The second-order valence-electron chi connectivity index (χ2n) is 6.08. The molecule has 3 rings (SSSR count). The second kappa shape index (κ2) is 6.93. The number of aliphatic hydroxyl groups excluding tert-OH is 1. The van der Waals surface area contributed by atoms with E-state index in [1.807, 2.05) is 0 Å². The van der Waals surface area contributed by atoms with Crippen molar-refractivity contribution in [1.82, 2.24) is 9.88 Å². The van der Waals surface area contributed by atoms with Crippen LogP contribution in [0.15, 0.2) is 41.4 Å². The molecule has 2 atom stereocenters. The first kappa shape index (κ1) is 19.3. The van der Waals surface area contributed by atoms with Gasteiger partial charge in [-0.05, 0) is 23.8 Å². The molecule has 0 bridgehead atoms. The van der Waals surface area contributed by atoms with Crippen molar-refractivity contribution in [1.29, 1.82) is 0 Å². The average Bonchev–Trinajstić information content (AvgIpc) is 2.86. The van der Waals surface area contributed by atoms with Crippen molar-refractivity contribution in [3.8, 4) is 11.1 Å². The smallest absolute Gasteiger partial charge is 0.371 e. The number of rotatable bonds is 3. The van der Waals surface area contributed by atoms with Gasteiger partial charge in [-0.2, -0.15) is 13.2 Å². The Morgan fingerprint density at radius 1 is 1.30 bits per heavy atom. The number of benzene rings is 1. The highest BCUT2D eigenvalue weighted by Gasteiger charge is 2.39. The number of aliphatic hydroxyl groups is 1. The zero-order valence-corrected chi connectivity index (χ0v) is 15.2. The van der Waals surface area contributed by atoms with Crippen LogP contribution in [0, 0.1) is 0 Å². The largest absolute Gasteiger partial charge is 0.417 e. The van der Waals surface area contributed by atoms with E-state index >= 15 is 0 Å². The van der Waals surface area contributed by atoms with E-state index in [1.54, 1.807) is 6.07 Å². The minimum Gasteiger partial charge on any atom is -0.371 e. The Morgan fingerprint density at radius 2 is 2.00 bits per heavy atom. The average molecular weight is 399 g/mol. The molecule has 27 heavy (non-hydrogen) atoms. The number of carbonyl (C=O) groups is 1. The summed E-state index contributed by atoms with van der Waals surface area (Å²) in [5, 5.41) is 9.97. The molecule has 1 aliphatic heterocycles. The third-order valence-corrected chi connectivity index (χ3v) is 5.10. The maximum absolute atomic E-state index is 13.7. The first-order valence-electron chi connectivity index (χ1n) is 7.83. The Labute approximate surface area is 155 Å². The second-order valence-corrected chi connectivity index (χ2v) is 7.46. The minimum absolute atomic E-state index is 0.0338. The number of β-amino-alcohol motifs (C(OH)–C–C–N with tert-alkyl or cyclic N) is 1. The molecule has 6 nitrogen and oxygen atoms in total. The van der Waals surface area contributed by atoms with Gasteiger partial charge in [0.2, 0.25) is 0 Å². The van der Waals surface area contributed by atoms with Gasteiger partial charge in [0.1, 0.15) is 5.82 Å². The van der Waals surface area contributed by atoms with Crippen LogP contribution in [0.3, 0.4) is 0 Å². The van der Waals surface area contributed by atoms with Crippen LogP contribution in [-0.2, 0) is 17.0 Å². The number of amides is 2. The van der Waals surface area contributed by atoms with E-state index in [0.717, 1.165) is 17.2 Å². The maximum Gasteiger partial charge on any atom is 0.417 e. The molecular formula is C17H16F3N3O3S. The SMILES string of the molecule is CN1CC(O)N(c2cc(C(F)(F)F)c(-c3cccc(S(C)=O)c3)cn2)C1=O. The monoisotopic (exact) mass is 399 g/mol. The first-order chi connectivity index (χ1) is 12.6. The van der Waals surface area contributed by atoms with Crippen LogP contribution in [0.2, 0.25) is 0 Å². The summed E-state index contributed by atoms with van der Waals surface area (Å²) in [6, 6.07) is 6.05. The van der Waals surface area contributed by atoms with E-state index in [-0.39, 0.29) is 23.5 Å². The lowest BCUT2D eigenvalue weighted by Gasteiger charge is -2.21. The molecule has 0 saturated carbocycles. The number of hydrogen-bond donors (Lipinski definition) is 1. The number of alkyl halides is 3. The molecule has 1 aromatic carbocycles. The molecule has 2 heterocycles. The van der Waals surface area contributed by atoms with Gasteiger partial charge in [-0.25, -0.2) is 14.7 Å². The molecular weight excluding hydrogens is 383 g/mol. The van der Waals surface area contributed by atoms with Crippen molar-refractivity contribution < 1.29 is 27.3 Å². The number of hydrogen-bond acceptors (Lipinski definition) is 4. The van der Waals surface area contributed by atoms with Crippen LogP contribution in [0.25, 0.3) is 11.1 Å². The van der Waals surface area contributed by atoms with E-state index in [9.17, 15) is 27.3 Å². The number of carbonyl (C=O) groups excluding carboxylic acids is 1. The number of halogens is 3. The van der Waals surface area contributed by atoms with Gasteiger partial charge >= 0.3 is 12.2 Å². The number of urea groups is 1. The molecule has 2 amide bonds. The van der Waals surface area contributed by atoms with E-state index in [4.69, 9.17) is 0 Å². The van der Waals surface area contributed by atoms with Gasteiger partial charge in [-0.1, -0.05) is 12.1 Å². The molecule has 1 aliphatic rings. The van der Waals surface area contributed by atoms with Crippen LogP contribution >= 0.6 is 0 Å². The van der Waals surface area contributed by atoms with E-state index in [2.05, 4.69) is 4.98 Å². The molecule has 0 aliphatic carbocycles. The van der Waals surface area contributed by atoms with Gasteiger partial charge in [0, 0.05) is 40.8 Å². The Kier molecular flexibility index (Phi) is 4.96. The molecule has 1 aromatic heterocycles. The summed E-state index contributed by atoms with van der Waals surface area (Å²) in [6.07, 6.45) is -3.56. The number of likely N-dealkylation sites (N-methyl/N-ethyl adjacent to an activating group) is 1. The highest BCUT2D eigenvalue weighted by atomic mass is 32.2. The number of aromatic nitrogens is 1. The number of pyridine rings is 1. The fraction of sp³-hybridized carbons (Fsp3) is 0.294. The van der Waals surface area contributed by atoms with Gasteiger partial charge in [-0.15, -0.1) is 0 Å². The van der Waals surface area contributed by atoms with E-state index < -0.39 is 34.8 Å². The fourth-order valence-corrected chi connectivity index (χ4v) is 3.41. The molecule has 0 radical (unpaired) electrons. The number of nitrogens with zero attached hydrogens (tertiary/aromatic N) is 3. The van der Waals surface area contributed by atoms with Crippen molar-refractivity contribution in [2.24, 2.45) is 0 Å². The van der Waals surface area contributed by atoms with Crippen LogP contribution in [0.5, 0.6) is 0 Å². The standard InChI is InChI=1S/C17H16F3N3O3S/c1-22-9-15(24)23(16(22)25)14-7-13(17(18,19)20)12(8-21-14)10-4-3-5-11(6-10)27(2)26/h3-8,15,24H,9H2,1-2H3. The van der Waals surface area contributed by atoms with E-state index in [0.29, 0.717) is 4.90 Å². The zero-order chi connectivity index (χ0) is 19.9. The Bertz CT molecular complexity index is 920. The molecule has 1 N–H and O–H groups in total. The summed E-state index contributed by atoms with van der Waals surface area (Å²) in [4.78, 5) is 18.4. The first-order valence-corrected chi connectivity index (χ1v) is 9.39. The lowest BCUT2D eigenvalue weighted by atomic mass is 10.0. The van der Waals surface area contributed by atoms with Gasteiger partial charge in [-0.3, -0.25) is 4.21 Å². The molecule has 2 unspecified atom stereocenters. The molecule has 10 heteroatoms. The maximum atomic E-state index is 13.7. The zero-order valence-electron chi connectivity index (χ0n) is 14.4. The number of anilines is 1. The van der Waals surface area contributed by atoms with Gasteiger partial charge < -0.3 is 10.0 Å². The van der Waals surface area contributed by atoms with Gasteiger partial charge in [0.25, 0.3) is 0 Å².